The zero-order chi connectivity index (χ0) is 11.3. The Balaban J connectivity index is 2.37. The van der Waals surface area contributed by atoms with Gasteiger partial charge in [-0.15, -0.1) is 0 Å². The number of carbonyl (C=O) groups is 1. The zero-order valence-electron chi connectivity index (χ0n) is 9.36. The van der Waals surface area contributed by atoms with E-state index in [2.05, 4.69) is 5.32 Å². The monoisotopic (exact) mass is 209 g/mol. The molecule has 0 aliphatic heterocycles. The van der Waals surface area contributed by atoms with E-state index in [-0.39, 0.29) is 11.9 Å². The summed E-state index contributed by atoms with van der Waals surface area (Å²) in [5.41, 5.74) is 6.76. The van der Waals surface area contributed by atoms with Gasteiger partial charge in [0.05, 0.1) is 12.6 Å². The van der Waals surface area contributed by atoms with Crippen LogP contribution in [-0.4, -0.2) is 16.5 Å². The van der Waals surface area contributed by atoms with Gasteiger partial charge in [-0.3, -0.25) is 4.79 Å². The molecule has 84 valence electrons. The Morgan fingerprint density at radius 1 is 1.67 bits per heavy atom. The average molecular weight is 209 g/mol. The van der Waals surface area contributed by atoms with Crippen molar-refractivity contribution in [3.05, 3.63) is 24.0 Å². The first-order valence-electron chi connectivity index (χ1n) is 5.28. The smallest absolute Gasteiger partial charge is 0.237 e. The van der Waals surface area contributed by atoms with Crippen LogP contribution in [-0.2, 0) is 18.4 Å². The van der Waals surface area contributed by atoms with E-state index in [0.717, 1.165) is 18.5 Å². The summed E-state index contributed by atoms with van der Waals surface area (Å²) in [6.45, 7) is 2.56. The second-order valence-electron chi connectivity index (χ2n) is 3.72. The van der Waals surface area contributed by atoms with Crippen molar-refractivity contribution in [2.45, 2.75) is 32.4 Å². The normalized spacial score (nSPS) is 12.5. The Morgan fingerprint density at radius 2 is 2.40 bits per heavy atom. The van der Waals surface area contributed by atoms with Crippen LogP contribution < -0.4 is 11.1 Å². The van der Waals surface area contributed by atoms with Crippen LogP contribution in [0.2, 0.25) is 0 Å². The summed E-state index contributed by atoms with van der Waals surface area (Å²) in [6, 6.07) is 3.55. The van der Waals surface area contributed by atoms with E-state index >= 15 is 0 Å². The highest BCUT2D eigenvalue weighted by atomic mass is 16.2. The van der Waals surface area contributed by atoms with E-state index in [0.29, 0.717) is 6.54 Å². The zero-order valence-corrected chi connectivity index (χ0v) is 9.36. The van der Waals surface area contributed by atoms with Crippen molar-refractivity contribution in [1.29, 1.82) is 0 Å². The molecule has 3 N–H and O–H groups in total. The Kier molecular flexibility index (Phi) is 4.37. The van der Waals surface area contributed by atoms with Crippen LogP contribution >= 0.6 is 0 Å². The van der Waals surface area contributed by atoms with Crippen molar-refractivity contribution in [3.8, 4) is 0 Å². The van der Waals surface area contributed by atoms with Crippen molar-refractivity contribution < 1.29 is 4.79 Å². The number of nitrogens with one attached hydrogen (secondary N) is 1. The van der Waals surface area contributed by atoms with Crippen molar-refractivity contribution in [3.63, 3.8) is 0 Å². The summed E-state index contributed by atoms with van der Waals surface area (Å²) in [6.07, 6.45) is 3.62. The SMILES string of the molecule is CCC[C@H](N)C(=O)NCc1cccn1C. The third-order valence-corrected chi connectivity index (χ3v) is 2.43. The van der Waals surface area contributed by atoms with Crippen LogP contribution in [0.3, 0.4) is 0 Å². The molecule has 1 heterocycles. The fourth-order valence-electron chi connectivity index (χ4n) is 1.43. The lowest BCUT2D eigenvalue weighted by atomic mass is 10.2. The number of amides is 1. The minimum atomic E-state index is -0.379. The molecule has 0 aromatic carbocycles. The molecule has 4 heteroatoms. The molecule has 0 bridgehead atoms. The molecule has 4 nitrogen and oxygen atoms in total. The van der Waals surface area contributed by atoms with Gasteiger partial charge >= 0.3 is 0 Å². The lowest BCUT2D eigenvalue weighted by molar-refractivity contribution is -0.122. The molecule has 1 atom stereocenters. The van der Waals surface area contributed by atoms with Crippen LogP contribution in [0.15, 0.2) is 18.3 Å². The minimum absolute atomic E-state index is 0.0712. The minimum Gasteiger partial charge on any atom is -0.353 e. The molecule has 0 saturated carbocycles. The van der Waals surface area contributed by atoms with Crippen LogP contribution in [0.4, 0.5) is 0 Å². The first-order chi connectivity index (χ1) is 7.15. The van der Waals surface area contributed by atoms with Crippen molar-refractivity contribution in [2.24, 2.45) is 12.8 Å². The van der Waals surface area contributed by atoms with E-state index < -0.39 is 0 Å². The molecular formula is C11H19N3O. The standard InChI is InChI=1S/C11H19N3O/c1-3-5-10(12)11(15)13-8-9-6-4-7-14(9)2/h4,6-7,10H,3,5,8,12H2,1-2H3,(H,13,15)/t10-/m0/s1. The highest BCUT2D eigenvalue weighted by Crippen LogP contribution is 1.99. The maximum Gasteiger partial charge on any atom is 0.237 e. The fourth-order valence-corrected chi connectivity index (χ4v) is 1.43. The number of aromatic nitrogens is 1. The number of hydrogen-bond donors (Lipinski definition) is 2. The molecule has 1 rings (SSSR count). The van der Waals surface area contributed by atoms with Crippen LogP contribution in [0.5, 0.6) is 0 Å². The number of aryl methyl sites for hydroxylation is 1. The molecule has 15 heavy (non-hydrogen) atoms. The second-order valence-corrected chi connectivity index (χ2v) is 3.72. The topological polar surface area (TPSA) is 60.1 Å². The molecule has 0 aliphatic rings. The summed E-state index contributed by atoms with van der Waals surface area (Å²) < 4.78 is 1.98. The highest BCUT2D eigenvalue weighted by molar-refractivity contribution is 5.81. The quantitative estimate of drug-likeness (QED) is 0.752. The first-order valence-corrected chi connectivity index (χ1v) is 5.28. The van der Waals surface area contributed by atoms with Gasteiger partial charge in [-0.2, -0.15) is 0 Å². The number of nitrogens with zero attached hydrogens (tertiary/aromatic N) is 1. The molecule has 1 aromatic heterocycles. The third kappa shape index (κ3) is 3.40. The molecule has 0 saturated heterocycles. The molecule has 0 spiro atoms. The number of hydrogen-bond acceptors (Lipinski definition) is 2. The highest BCUT2D eigenvalue weighted by Gasteiger charge is 2.11. The van der Waals surface area contributed by atoms with E-state index in [1.165, 1.54) is 0 Å². The molecule has 0 radical (unpaired) electrons. The van der Waals surface area contributed by atoms with Gasteiger partial charge in [0.2, 0.25) is 5.91 Å². The summed E-state index contributed by atoms with van der Waals surface area (Å²) in [5.74, 6) is -0.0712. The van der Waals surface area contributed by atoms with Gasteiger partial charge in [0, 0.05) is 18.9 Å². The van der Waals surface area contributed by atoms with Crippen molar-refractivity contribution in [2.75, 3.05) is 0 Å². The van der Waals surface area contributed by atoms with Gasteiger partial charge in [0.1, 0.15) is 0 Å². The maximum absolute atomic E-state index is 11.5. The van der Waals surface area contributed by atoms with Gasteiger partial charge in [0.25, 0.3) is 0 Å². The van der Waals surface area contributed by atoms with E-state index in [4.69, 9.17) is 5.73 Å². The van der Waals surface area contributed by atoms with Gasteiger partial charge in [0.15, 0.2) is 0 Å². The summed E-state index contributed by atoms with van der Waals surface area (Å²) in [5, 5.41) is 2.83. The molecule has 0 unspecified atom stereocenters. The van der Waals surface area contributed by atoms with E-state index in [1.807, 2.05) is 36.9 Å². The van der Waals surface area contributed by atoms with Gasteiger partial charge in [-0.1, -0.05) is 13.3 Å². The Labute approximate surface area is 90.5 Å². The van der Waals surface area contributed by atoms with Crippen molar-refractivity contribution >= 4 is 5.91 Å². The third-order valence-electron chi connectivity index (χ3n) is 2.43. The largest absolute Gasteiger partial charge is 0.353 e. The molecule has 0 aliphatic carbocycles. The maximum atomic E-state index is 11.5. The lowest BCUT2D eigenvalue weighted by Crippen LogP contribution is -2.40. The van der Waals surface area contributed by atoms with Crippen LogP contribution in [0.1, 0.15) is 25.5 Å². The molecule has 1 amide bonds. The first kappa shape index (κ1) is 11.8. The second kappa shape index (κ2) is 5.56. The predicted molar refractivity (Wildman–Crippen MR) is 60.1 cm³/mol. The summed E-state index contributed by atoms with van der Waals surface area (Å²) in [7, 11) is 1.95. The van der Waals surface area contributed by atoms with Crippen LogP contribution in [0, 0.1) is 0 Å². The average Bonchev–Trinajstić information content (AvgIpc) is 2.61. The van der Waals surface area contributed by atoms with Crippen LogP contribution in [0.25, 0.3) is 0 Å². The summed E-state index contributed by atoms with van der Waals surface area (Å²) in [4.78, 5) is 11.5. The molecule has 0 fully saturated rings. The Morgan fingerprint density at radius 3 is 2.93 bits per heavy atom. The fraction of sp³-hybridized carbons (Fsp3) is 0.545. The Hall–Kier alpha value is -1.29. The van der Waals surface area contributed by atoms with E-state index in [1.54, 1.807) is 0 Å². The molecule has 1 aromatic rings. The van der Waals surface area contributed by atoms with Gasteiger partial charge in [-0.05, 0) is 18.6 Å². The summed E-state index contributed by atoms with van der Waals surface area (Å²) >= 11 is 0. The van der Waals surface area contributed by atoms with Crippen molar-refractivity contribution in [1.82, 2.24) is 9.88 Å². The number of carbonyl (C=O) groups excluding carboxylic acids is 1. The molecular weight excluding hydrogens is 190 g/mol. The lowest BCUT2D eigenvalue weighted by Gasteiger charge is -2.11. The predicted octanol–water partition coefficient (Wildman–Crippen LogP) is 0.769. The van der Waals surface area contributed by atoms with E-state index in [9.17, 15) is 4.79 Å². The van der Waals surface area contributed by atoms with Gasteiger partial charge < -0.3 is 15.6 Å². The Bertz CT molecular complexity index is 319. The number of rotatable bonds is 5. The number of nitrogens with two attached hydrogens (primary N) is 1. The van der Waals surface area contributed by atoms with Gasteiger partial charge in [-0.25, -0.2) is 0 Å².